The van der Waals surface area contributed by atoms with Crippen LogP contribution in [0.3, 0.4) is 0 Å². The summed E-state index contributed by atoms with van der Waals surface area (Å²) in [7, 11) is 0. The largest absolute Gasteiger partial charge is 0.321 e. The zero-order valence-corrected chi connectivity index (χ0v) is 8.01. The van der Waals surface area contributed by atoms with Crippen LogP contribution < -0.4 is 5.32 Å². The summed E-state index contributed by atoms with van der Waals surface area (Å²) < 4.78 is 24.4. The third-order valence-electron chi connectivity index (χ3n) is 1.31. The maximum Gasteiger partial charge on any atom is 0.315 e. The molecule has 2 nitrogen and oxygen atoms in total. The minimum Gasteiger partial charge on any atom is -0.321 e. The minimum atomic E-state index is -2.98. The summed E-state index contributed by atoms with van der Waals surface area (Å²) in [5.41, 5.74) is 0.355. The monoisotopic (exact) mass is 249 g/mol. The number of benzene rings is 1. The lowest BCUT2D eigenvalue weighted by atomic mass is 10.3. The van der Waals surface area contributed by atoms with Gasteiger partial charge in [-0.15, -0.1) is 0 Å². The molecule has 0 aliphatic rings. The normalized spacial score (nSPS) is 10.2. The fourth-order valence-corrected chi connectivity index (χ4v) is 0.994. The van der Waals surface area contributed by atoms with Gasteiger partial charge >= 0.3 is 6.43 Å². The summed E-state index contributed by atoms with van der Waals surface area (Å²) in [6, 6.07) is 6.37. The average molecular weight is 250 g/mol. The Bertz CT molecular complexity index is 300. The first-order valence-corrected chi connectivity index (χ1v) is 4.23. The Hall–Kier alpha value is -0.970. The third kappa shape index (κ3) is 3.10. The Labute approximate surface area is 82.1 Å². The molecule has 1 amide bonds. The highest BCUT2D eigenvalue weighted by molar-refractivity contribution is 9.10. The van der Waals surface area contributed by atoms with E-state index in [-0.39, 0.29) is 0 Å². The van der Waals surface area contributed by atoms with Gasteiger partial charge in [-0.05, 0) is 24.3 Å². The van der Waals surface area contributed by atoms with Gasteiger partial charge in [-0.2, -0.15) is 8.78 Å². The maximum atomic E-state index is 11.8. The van der Waals surface area contributed by atoms with Crippen LogP contribution in [0.4, 0.5) is 14.5 Å². The maximum absolute atomic E-state index is 11.8. The number of anilines is 1. The molecule has 1 aromatic carbocycles. The molecule has 5 heteroatoms. The van der Waals surface area contributed by atoms with Crippen LogP contribution in [-0.2, 0) is 4.79 Å². The van der Waals surface area contributed by atoms with Gasteiger partial charge in [0.1, 0.15) is 0 Å². The third-order valence-corrected chi connectivity index (χ3v) is 1.84. The van der Waals surface area contributed by atoms with Crippen molar-refractivity contribution in [3.05, 3.63) is 28.7 Å². The van der Waals surface area contributed by atoms with E-state index in [4.69, 9.17) is 0 Å². The SMILES string of the molecule is O=C(Nc1ccc(Br)cc1)C(F)F. The second-order valence-corrected chi connectivity index (χ2v) is 3.21. The predicted octanol–water partition coefficient (Wildman–Crippen LogP) is 2.65. The van der Waals surface area contributed by atoms with Crippen molar-refractivity contribution in [2.45, 2.75) is 6.43 Å². The number of carbonyl (C=O) groups is 1. The molecule has 13 heavy (non-hydrogen) atoms. The molecule has 1 rings (SSSR count). The van der Waals surface area contributed by atoms with Crippen LogP contribution in [0.15, 0.2) is 28.7 Å². The van der Waals surface area contributed by atoms with Crippen molar-refractivity contribution in [2.75, 3.05) is 5.32 Å². The van der Waals surface area contributed by atoms with Crippen LogP contribution >= 0.6 is 15.9 Å². The molecular formula is C8H6BrF2NO. The van der Waals surface area contributed by atoms with Crippen molar-refractivity contribution < 1.29 is 13.6 Å². The second-order valence-electron chi connectivity index (χ2n) is 2.30. The van der Waals surface area contributed by atoms with Crippen molar-refractivity contribution in [3.63, 3.8) is 0 Å². The number of alkyl halides is 2. The fourth-order valence-electron chi connectivity index (χ4n) is 0.730. The van der Waals surface area contributed by atoms with E-state index in [1.54, 1.807) is 12.1 Å². The Kier molecular flexibility index (Phi) is 3.36. The number of amides is 1. The lowest BCUT2D eigenvalue weighted by molar-refractivity contribution is -0.126. The molecule has 70 valence electrons. The topological polar surface area (TPSA) is 29.1 Å². The van der Waals surface area contributed by atoms with Crippen molar-refractivity contribution in [1.82, 2.24) is 0 Å². The van der Waals surface area contributed by atoms with Crippen molar-refractivity contribution in [3.8, 4) is 0 Å². The molecular weight excluding hydrogens is 244 g/mol. The molecule has 0 aliphatic heterocycles. The van der Waals surface area contributed by atoms with Gasteiger partial charge in [0.25, 0.3) is 5.91 Å². The molecule has 1 N–H and O–H groups in total. The van der Waals surface area contributed by atoms with Gasteiger partial charge in [0.15, 0.2) is 0 Å². The zero-order chi connectivity index (χ0) is 9.84. The Balaban J connectivity index is 2.65. The van der Waals surface area contributed by atoms with Gasteiger partial charge in [-0.3, -0.25) is 4.79 Å². The van der Waals surface area contributed by atoms with Gasteiger partial charge in [0.2, 0.25) is 0 Å². The summed E-state index contributed by atoms with van der Waals surface area (Å²) in [5.74, 6) is -1.29. The highest BCUT2D eigenvalue weighted by Crippen LogP contribution is 2.14. The lowest BCUT2D eigenvalue weighted by Crippen LogP contribution is -2.19. The lowest BCUT2D eigenvalue weighted by Gasteiger charge is -2.03. The minimum absolute atomic E-state index is 0.355. The van der Waals surface area contributed by atoms with E-state index < -0.39 is 12.3 Å². The van der Waals surface area contributed by atoms with E-state index in [2.05, 4.69) is 21.2 Å². The highest BCUT2D eigenvalue weighted by Gasteiger charge is 2.14. The average Bonchev–Trinajstić information content (AvgIpc) is 2.08. The van der Waals surface area contributed by atoms with Gasteiger partial charge in [0, 0.05) is 10.2 Å². The summed E-state index contributed by atoms with van der Waals surface area (Å²) in [6.45, 7) is 0. The van der Waals surface area contributed by atoms with Crippen LogP contribution in [0.1, 0.15) is 0 Å². The van der Waals surface area contributed by atoms with Crippen molar-refractivity contribution in [2.24, 2.45) is 0 Å². The summed E-state index contributed by atoms with van der Waals surface area (Å²) in [5, 5.41) is 2.06. The molecule has 0 radical (unpaired) electrons. The van der Waals surface area contributed by atoms with Crippen LogP contribution in [0, 0.1) is 0 Å². The van der Waals surface area contributed by atoms with Gasteiger partial charge in [-0.1, -0.05) is 15.9 Å². The Morgan fingerprint density at radius 2 is 1.85 bits per heavy atom. The van der Waals surface area contributed by atoms with Gasteiger partial charge in [0.05, 0.1) is 0 Å². The molecule has 0 atom stereocenters. The molecule has 0 saturated heterocycles. The zero-order valence-electron chi connectivity index (χ0n) is 6.43. The molecule has 0 saturated carbocycles. The molecule has 0 bridgehead atoms. The predicted molar refractivity (Wildman–Crippen MR) is 48.8 cm³/mol. The van der Waals surface area contributed by atoms with E-state index in [0.29, 0.717) is 5.69 Å². The number of nitrogens with one attached hydrogen (secondary N) is 1. The molecule has 0 aromatic heterocycles. The van der Waals surface area contributed by atoms with E-state index in [1.165, 1.54) is 12.1 Å². The van der Waals surface area contributed by atoms with E-state index >= 15 is 0 Å². The number of hydrogen-bond acceptors (Lipinski definition) is 1. The van der Waals surface area contributed by atoms with Gasteiger partial charge in [-0.25, -0.2) is 0 Å². The Morgan fingerprint density at radius 3 is 2.31 bits per heavy atom. The van der Waals surface area contributed by atoms with Crippen molar-refractivity contribution in [1.29, 1.82) is 0 Å². The highest BCUT2D eigenvalue weighted by atomic mass is 79.9. The summed E-state index contributed by atoms with van der Waals surface area (Å²) in [6.07, 6.45) is -2.98. The van der Waals surface area contributed by atoms with E-state index in [1.807, 2.05) is 0 Å². The smallest absolute Gasteiger partial charge is 0.315 e. The number of hydrogen-bond donors (Lipinski definition) is 1. The van der Waals surface area contributed by atoms with E-state index in [0.717, 1.165) is 4.47 Å². The fraction of sp³-hybridized carbons (Fsp3) is 0.125. The molecule has 0 spiro atoms. The Morgan fingerprint density at radius 1 is 1.31 bits per heavy atom. The van der Waals surface area contributed by atoms with E-state index in [9.17, 15) is 13.6 Å². The first kappa shape index (κ1) is 10.1. The number of halogens is 3. The van der Waals surface area contributed by atoms with Crippen LogP contribution in [0.25, 0.3) is 0 Å². The standard InChI is InChI=1S/C8H6BrF2NO/c9-5-1-3-6(4-2-5)12-8(13)7(10)11/h1-4,7H,(H,12,13). The van der Waals surface area contributed by atoms with Crippen molar-refractivity contribution >= 4 is 27.5 Å². The molecule has 0 fully saturated rings. The molecule has 0 unspecified atom stereocenters. The first-order valence-electron chi connectivity index (χ1n) is 3.44. The summed E-state index contributed by atoms with van der Waals surface area (Å²) in [4.78, 5) is 10.5. The second kappa shape index (κ2) is 4.32. The van der Waals surface area contributed by atoms with Crippen LogP contribution in [0.2, 0.25) is 0 Å². The number of carbonyl (C=O) groups excluding carboxylic acids is 1. The quantitative estimate of drug-likeness (QED) is 0.858. The van der Waals surface area contributed by atoms with Crippen LogP contribution in [0.5, 0.6) is 0 Å². The summed E-state index contributed by atoms with van der Waals surface area (Å²) >= 11 is 3.18. The van der Waals surface area contributed by atoms with Crippen LogP contribution in [-0.4, -0.2) is 12.3 Å². The molecule has 1 aromatic rings. The first-order chi connectivity index (χ1) is 6.09. The molecule has 0 aliphatic carbocycles. The van der Waals surface area contributed by atoms with Gasteiger partial charge < -0.3 is 5.32 Å². The molecule has 0 heterocycles. The number of rotatable bonds is 2.